The molecule has 0 aliphatic heterocycles. The molecule has 3 nitrogen and oxygen atoms in total. The van der Waals surface area contributed by atoms with Crippen molar-refractivity contribution in [3.8, 4) is 0 Å². The molecule has 1 amide bonds. The summed E-state index contributed by atoms with van der Waals surface area (Å²) in [5.41, 5.74) is 3.22. The quantitative estimate of drug-likeness (QED) is 0.833. The molecule has 2 N–H and O–H groups in total. The summed E-state index contributed by atoms with van der Waals surface area (Å²) in [5, 5.41) is 4.59. The Morgan fingerprint density at radius 1 is 1.44 bits per heavy atom. The van der Waals surface area contributed by atoms with E-state index < -0.39 is 0 Å². The number of rotatable bonds is 4. The van der Waals surface area contributed by atoms with Crippen molar-refractivity contribution in [1.29, 1.82) is 0 Å². The normalized spacial score (nSPS) is 10.8. The van der Waals surface area contributed by atoms with Crippen LogP contribution in [0.25, 0.3) is 10.9 Å². The van der Waals surface area contributed by atoms with Gasteiger partial charge in [-0.1, -0.05) is 23.7 Å². The van der Waals surface area contributed by atoms with Gasteiger partial charge in [0, 0.05) is 17.6 Å². The molecule has 2 aromatic rings. The molecule has 0 aliphatic rings. The number of para-hydroxylation sites is 1. The molecule has 18 heavy (non-hydrogen) atoms. The Bertz CT molecular complexity index is 578. The molecule has 0 spiro atoms. The van der Waals surface area contributed by atoms with Crippen LogP contribution in [0.1, 0.15) is 11.3 Å². The molecule has 5 heteroatoms. The third kappa shape index (κ3) is 2.62. The minimum Gasteiger partial charge on any atom is -0.357 e. The fourth-order valence-electron chi connectivity index (χ4n) is 2.06. The van der Waals surface area contributed by atoms with Crippen LogP contribution < -0.4 is 5.32 Å². The maximum Gasteiger partial charge on any atom is 0.234 e. The molecule has 1 heterocycles. The van der Waals surface area contributed by atoms with Crippen molar-refractivity contribution >= 4 is 40.0 Å². The fourth-order valence-corrected chi connectivity index (χ4v) is 2.38. The van der Waals surface area contributed by atoms with E-state index in [0.717, 1.165) is 23.0 Å². The number of hydrogen-bond acceptors (Lipinski definition) is 1. The first-order valence-corrected chi connectivity index (χ1v) is 6.63. The molecular weight excluding hydrogens is 271 g/mol. The van der Waals surface area contributed by atoms with Crippen LogP contribution in [0.3, 0.4) is 0 Å². The molecule has 0 bridgehead atoms. The molecule has 0 unspecified atom stereocenters. The summed E-state index contributed by atoms with van der Waals surface area (Å²) in [6.45, 7) is 2.58. The van der Waals surface area contributed by atoms with Crippen LogP contribution >= 0.6 is 23.2 Å². The lowest BCUT2D eigenvalue weighted by atomic mass is 10.1. The average Bonchev–Trinajstić information content (AvgIpc) is 2.68. The fraction of sp³-hybridized carbons (Fsp3) is 0.308. The van der Waals surface area contributed by atoms with E-state index in [-0.39, 0.29) is 11.8 Å². The molecule has 0 fully saturated rings. The molecule has 0 aliphatic carbocycles. The van der Waals surface area contributed by atoms with Crippen LogP contribution in [0.2, 0.25) is 5.02 Å². The molecule has 1 aromatic heterocycles. The van der Waals surface area contributed by atoms with Crippen molar-refractivity contribution in [2.75, 3.05) is 12.4 Å². The van der Waals surface area contributed by atoms with Crippen molar-refractivity contribution < 1.29 is 4.79 Å². The van der Waals surface area contributed by atoms with Crippen molar-refractivity contribution in [1.82, 2.24) is 10.3 Å². The number of benzene rings is 1. The number of fused-ring (bicyclic) bond motifs is 1. The Balaban J connectivity index is 2.20. The Kier molecular flexibility index (Phi) is 4.15. The van der Waals surface area contributed by atoms with E-state index in [0.29, 0.717) is 11.6 Å². The van der Waals surface area contributed by atoms with E-state index in [1.165, 1.54) is 5.56 Å². The van der Waals surface area contributed by atoms with E-state index in [4.69, 9.17) is 23.2 Å². The van der Waals surface area contributed by atoms with Crippen LogP contribution in [-0.4, -0.2) is 23.3 Å². The lowest BCUT2D eigenvalue weighted by Crippen LogP contribution is -2.26. The Morgan fingerprint density at radius 3 is 2.94 bits per heavy atom. The largest absolute Gasteiger partial charge is 0.357 e. The predicted octanol–water partition coefficient (Wildman–Crippen LogP) is 3.03. The molecule has 96 valence electrons. The standard InChI is InChI=1S/C13H14Cl2N2O/c1-8-9(5-6-16-12(18)7-14)10-3-2-4-11(15)13(10)17-8/h2-4,17H,5-7H2,1H3,(H,16,18). The Morgan fingerprint density at radius 2 is 2.22 bits per heavy atom. The molecule has 0 radical (unpaired) electrons. The molecule has 0 saturated heterocycles. The van der Waals surface area contributed by atoms with Gasteiger partial charge in [-0.25, -0.2) is 0 Å². The van der Waals surface area contributed by atoms with Gasteiger partial charge >= 0.3 is 0 Å². The summed E-state index contributed by atoms with van der Waals surface area (Å²) in [6.07, 6.45) is 0.759. The number of aryl methyl sites for hydroxylation is 1. The number of H-pyrrole nitrogens is 1. The molecule has 2 rings (SSSR count). The summed E-state index contributed by atoms with van der Waals surface area (Å²) in [4.78, 5) is 14.3. The highest BCUT2D eigenvalue weighted by molar-refractivity contribution is 6.35. The van der Waals surface area contributed by atoms with Gasteiger partial charge in [0.05, 0.1) is 10.5 Å². The summed E-state index contributed by atoms with van der Waals surface area (Å²) < 4.78 is 0. The summed E-state index contributed by atoms with van der Waals surface area (Å²) >= 11 is 11.6. The third-order valence-corrected chi connectivity index (χ3v) is 3.48. The zero-order valence-electron chi connectivity index (χ0n) is 10.0. The first-order chi connectivity index (χ1) is 8.63. The number of aromatic nitrogens is 1. The minimum atomic E-state index is -0.146. The Labute approximate surface area is 115 Å². The van der Waals surface area contributed by atoms with Gasteiger partial charge < -0.3 is 10.3 Å². The first-order valence-electron chi connectivity index (χ1n) is 5.72. The number of amides is 1. The number of nitrogens with one attached hydrogen (secondary N) is 2. The van der Waals surface area contributed by atoms with Crippen LogP contribution in [0.4, 0.5) is 0 Å². The van der Waals surface area contributed by atoms with E-state index in [2.05, 4.69) is 10.3 Å². The summed E-state index contributed by atoms with van der Waals surface area (Å²) in [7, 11) is 0. The van der Waals surface area contributed by atoms with Crippen molar-refractivity contribution in [3.05, 3.63) is 34.5 Å². The lowest BCUT2D eigenvalue weighted by molar-refractivity contribution is -0.118. The first kappa shape index (κ1) is 13.2. The van der Waals surface area contributed by atoms with Crippen LogP contribution in [0, 0.1) is 6.92 Å². The second-order valence-electron chi connectivity index (χ2n) is 4.12. The lowest BCUT2D eigenvalue weighted by Gasteiger charge is -2.03. The van der Waals surface area contributed by atoms with Gasteiger partial charge in [-0.3, -0.25) is 4.79 Å². The van der Waals surface area contributed by atoms with Gasteiger partial charge in [-0.2, -0.15) is 0 Å². The van der Waals surface area contributed by atoms with Crippen molar-refractivity contribution in [2.45, 2.75) is 13.3 Å². The highest BCUT2D eigenvalue weighted by atomic mass is 35.5. The average molecular weight is 285 g/mol. The van der Waals surface area contributed by atoms with E-state index in [1.807, 2.05) is 25.1 Å². The van der Waals surface area contributed by atoms with Gasteiger partial charge in [0.1, 0.15) is 5.88 Å². The van der Waals surface area contributed by atoms with Gasteiger partial charge in [-0.05, 0) is 25.0 Å². The predicted molar refractivity (Wildman–Crippen MR) is 75.5 cm³/mol. The number of carbonyl (C=O) groups excluding carboxylic acids is 1. The van der Waals surface area contributed by atoms with Crippen molar-refractivity contribution in [2.24, 2.45) is 0 Å². The number of carbonyl (C=O) groups is 1. The van der Waals surface area contributed by atoms with Gasteiger partial charge in [0.15, 0.2) is 0 Å². The number of hydrogen-bond donors (Lipinski definition) is 2. The highest BCUT2D eigenvalue weighted by Gasteiger charge is 2.10. The van der Waals surface area contributed by atoms with Crippen molar-refractivity contribution in [3.63, 3.8) is 0 Å². The molecular formula is C13H14Cl2N2O. The maximum absolute atomic E-state index is 11.1. The second kappa shape index (κ2) is 5.63. The highest BCUT2D eigenvalue weighted by Crippen LogP contribution is 2.27. The topological polar surface area (TPSA) is 44.9 Å². The summed E-state index contributed by atoms with van der Waals surface area (Å²) in [5.74, 6) is -0.147. The zero-order valence-corrected chi connectivity index (χ0v) is 11.5. The molecule has 1 aromatic carbocycles. The van der Waals surface area contributed by atoms with E-state index in [9.17, 15) is 4.79 Å². The molecule has 0 atom stereocenters. The van der Waals surface area contributed by atoms with Gasteiger partial charge in [0.2, 0.25) is 5.91 Å². The monoisotopic (exact) mass is 284 g/mol. The van der Waals surface area contributed by atoms with Crippen LogP contribution in [0.5, 0.6) is 0 Å². The van der Waals surface area contributed by atoms with Crippen LogP contribution in [-0.2, 0) is 11.2 Å². The van der Waals surface area contributed by atoms with Gasteiger partial charge in [-0.15, -0.1) is 11.6 Å². The molecule has 0 saturated carbocycles. The van der Waals surface area contributed by atoms with Crippen LogP contribution in [0.15, 0.2) is 18.2 Å². The number of alkyl halides is 1. The SMILES string of the molecule is Cc1[nH]c2c(Cl)cccc2c1CCNC(=O)CCl. The Hall–Kier alpha value is -1.19. The van der Waals surface area contributed by atoms with E-state index >= 15 is 0 Å². The third-order valence-electron chi connectivity index (χ3n) is 2.92. The number of aromatic amines is 1. The zero-order chi connectivity index (χ0) is 13.1. The smallest absolute Gasteiger partial charge is 0.234 e. The second-order valence-corrected chi connectivity index (χ2v) is 4.80. The van der Waals surface area contributed by atoms with E-state index in [1.54, 1.807) is 0 Å². The minimum absolute atomic E-state index is 0.00129. The van der Waals surface area contributed by atoms with Gasteiger partial charge in [0.25, 0.3) is 0 Å². The number of halogens is 2. The maximum atomic E-state index is 11.1. The summed E-state index contributed by atoms with van der Waals surface area (Å²) in [6, 6.07) is 5.82.